The van der Waals surface area contributed by atoms with Gasteiger partial charge in [0.15, 0.2) is 15.7 Å². The molecule has 128 valence electrons. The average Bonchev–Trinajstić information content (AvgIpc) is 2.91. The van der Waals surface area contributed by atoms with Gasteiger partial charge in [-0.05, 0) is 18.6 Å². The Bertz CT molecular complexity index is 842. The molecule has 0 aliphatic carbocycles. The van der Waals surface area contributed by atoms with Crippen LogP contribution in [0.4, 0.5) is 26.2 Å². The SMILES string of the molecule is CN(c1cnnc(Nc2c(F)cccc2F)n1)C1CCS(=O)(=O)C1. The Morgan fingerprint density at radius 2 is 2.00 bits per heavy atom. The summed E-state index contributed by atoms with van der Waals surface area (Å²) in [5.74, 6) is -1.10. The van der Waals surface area contributed by atoms with E-state index in [2.05, 4.69) is 20.5 Å². The Hall–Kier alpha value is -2.36. The third-order valence-corrected chi connectivity index (χ3v) is 5.61. The molecular formula is C14H15F2N5O2S. The number of halogens is 2. The molecule has 1 atom stereocenters. The predicted molar refractivity (Wildman–Crippen MR) is 84.9 cm³/mol. The molecule has 1 saturated heterocycles. The summed E-state index contributed by atoms with van der Waals surface area (Å²) in [6.45, 7) is 0. The summed E-state index contributed by atoms with van der Waals surface area (Å²) in [6, 6.07) is 3.25. The minimum absolute atomic E-state index is 0.0399. The Kier molecular flexibility index (Phi) is 4.31. The molecule has 3 rings (SSSR count). The van der Waals surface area contributed by atoms with Crippen molar-refractivity contribution in [3.05, 3.63) is 36.0 Å². The van der Waals surface area contributed by atoms with Crippen LogP contribution in [0.3, 0.4) is 0 Å². The Morgan fingerprint density at radius 3 is 2.62 bits per heavy atom. The number of para-hydroxylation sites is 1. The van der Waals surface area contributed by atoms with Gasteiger partial charge in [0.1, 0.15) is 17.3 Å². The van der Waals surface area contributed by atoms with E-state index >= 15 is 0 Å². The molecule has 1 aliphatic heterocycles. The molecule has 1 aromatic carbocycles. The van der Waals surface area contributed by atoms with Crippen molar-refractivity contribution in [2.45, 2.75) is 12.5 Å². The lowest BCUT2D eigenvalue weighted by atomic mass is 10.2. The fraction of sp³-hybridized carbons (Fsp3) is 0.357. The van der Waals surface area contributed by atoms with Crippen molar-refractivity contribution >= 4 is 27.3 Å². The number of rotatable bonds is 4. The van der Waals surface area contributed by atoms with Crippen LogP contribution < -0.4 is 10.2 Å². The largest absolute Gasteiger partial charge is 0.354 e. The van der Waals surface area contributed by atoms with Crippen LogP contribution >= 0.6 is 0 Å². The van der Waals surface area contributed by atoms with Crippen LogP contribution in [0.15, 0.2) is 24.4 Å². The fourth-order valence-corrected chi connectivity index (χ4v) is 4.29. The van der Waals surface area contributed by atoms with Gasteiger partial charge < -0.3 is 10.2 Å². The van der Waals surface area contributed by atoms with Gasteiger partial charge in [0.2, 0.25) is 5.95 Å². The molecule has 2 aromatic rings. The summed E-state index contributed by atoms with van der Waals surface area (Å²) in [7, 11) is -1.34. The van der Waals surface area contributed by atoms with E-state index in [9.17, 15) is 17.2 Å². The fourth-order valence-electron chi connectivity index (χ4n) is 2.51. The Balaban J connectivity index is 1.82. The second-order valence-electron chi connectivity index (χ2n) is 5.53. The first-order valence-electron chi connectivity index (χ1n) is 7.20. The van der Waals surface area contributed by atoms with Crippen LogP contribution in [0.25, 0.3) is 0 Å². The monoisotopic (exact) mass is 355 g/mol. The maximum atomic E-state index is 13.7. The van der Waals surface area contributed by atoms with Gasteiger partial charge in [-0.3, -0.25) is 0 Å². The van der Waals surface area contributed by atoms with Gasteiger partial charge in [-0.2, -0.15) is 10.1 Å². The first-order valence-corrected chi connectivity index (χ1v) is 9.02. The van der Waals surface area contributed by atoms with Gasteiger partial charge in [-0.25, -0.2) is 17.2 Å². The third kappa shape index (κ3) is 3.42. The zero-order chi connectivity index (χ0) is 17.3. The lowest BCUT2D eigenvalue weighted by Gasteiger charge is -2.24. The highest BCUT2D eigenvalue weighted by molar-refractivity contribution is 7.91. The molecule has 24 heavy (non-hydrogen) atoms. The van der Waals surface area contributed by atoms with E-state index in [1.54, 1.807) is 11.9 Å². The van der Waals surface area contributed by atoms with Crippen LogP contribution in [0, 0.1) is 11.6 Å². The molecule has 1 N–H and O–H groups in total. The van der Waals surface area contributed by atoms with Crippen LogP contribution in [-0.2, 0) is 9.84 Å². The highest BCUT2D eigenvalue weighted by atomic mass is 32.2. The highest BCUT2D eigenvalue weighted by Crippen LogP contribution is 2.24. The van der Waals surface area contributed by atoms with Gasteiger partial charge in [-0.1, -0.05) is 6.07 Å². The number of aromatic nitrogens is 3. The number of sulfone groups is 1. The molecular weight excluding hydrogens is 340 g/mol. The molecule has 0 spiro atoms. The van der Waals surface area contributed by atoms with E-state index in [1.165, 1.54) is 12.3 Å². The van der Waals surface area contributed by atoms with Crippen LogP contribution in [0.1, 0.15) is 6.42 Å². The molecule has 2 heterocycles. The maximum absolute atomic E-state index is 13.7. The quantitative estimate of drug-likeness (QED) is 0.889. The minimum Gasteiger partial charge on any atom is -0.354 e. The Labute approximate surface area is 137 Å². The summed E-state index contributed by atoms with van der Waals surface area (Å²) in [4.78, 5) is 5.84. The molecule has 1 aliphatic rings. The first kappa shape index (κ1) is 16.5. The van der Waals surface area contributed by atoms with Crippen molar-refractivity contribution < 1.29 is 17.2 Å². The van der Waals surface area contributed by atoms with E-state index in [4.69, 9.17) is 0 Å². The summed E-state index contributed by atoms with van der Waals surface area (Å²) in [5, 5.41) is 9.92. The van der Waals surface area contributed by atoms with Gasteiger partial charge >= 0.3 is 0 Å². The normalized spacial score (nSPS) is 19.2. The zero-order valence-electron chi connectivity index (χ0n) is 12.8. The molecule has 1 fully saturated rings. The topological polar surface area (TPSA) is 88.1 Å². The first-order chi connectivity index (χ1) is 11.4. The number of benzene rings is 1. The average molecular weight is 355 g/mol. The molecule has 7 nitrogen and oxygen atoms in total. The third-order valence-electron chi connectivity index (χ3n) is 3.86. The van der Waals surface area contributed by atoms with Crippen LogP contribution in [0.2, 0.25) is 0 Å². The van der Waals surface area contributed by atoms with E-state index in [0.717, 1.165) is 12.1 Å². The van der Waals surface area contributed by atoms with E-state index in [1.807, 2.05) is 0 Å². The summed E-state index contributed by atoms with van der Waals surface area (Å²) in [5.41, 5.74) is -0.373. The van der Waals surface area contributed by atoms with Crippen molar-refractivity contribution in [2.24, 2.45) is 0 Å². The number of hydrogen-bond acceptors (Lipinski definition) is 7. The summed E-state index contributed by atoms with van der Waals surface area (Å²) in [6.07, 6.45) is 1.86. The van der Waals surface area contributed by atoms with Crippen molar-refractivity contribution in [3.63, 3.8) is 0 Å². The molecule has 0 saturated carbocycles. The molecule has 0 radical (unpaired) electrons. The van der Waals surface area contributed by atoms with E-state index < -0.39 is 21.5 Å². The molecule has 0 bridgehead atoms. The number of anilines is 3. The summed E-state index contributed by atoms with van der Waals surface area (Å²) >= 11 is 0. The van der Waals surface area contributed by atoms with Crippen molar-refractivity contribution in [2.75, 3.05) is 28.8 Å². The van der Waals surface area contributed by atoms with E-state index in [-0.39, 0.29) is 29.2 Å². The van der Waals surface area contributed by atoms with E-state index in [0.29, 0.717) is 12.2 Å². The second kappa shape index (κ2) is 6.27. The molecule has 1 aromatic heterocycles. The lowest BCUT2D eigenvalue weighted by molar-refractivity contribution is 0.590. The van der Waals surface area contributed by atoms with Gasteiger partial charge in [0.25, 0.3) is 0 Å². The van der Waals surface area contributed by atoms with Gasteiger partial charge in [-0.15, -0.1) is 5.10 Å². The number of nitrogens with one attached hydrogen (secondary N) is 1. The smallest absolute Gasteiger partial charge is 0.249 e. The van der Waals surface area contributed by atoms with Crippen molar-refractivity contribution in [1.29, 1.82) is 0 Å². The Morgan fingerprint density at radius 1 is 1.29 bits per heavy atom. The second-order valence-corrected chi connectivity index (χ2v) is 7.76. The minimum atomic E-state index is -3.04. The predicted octanol–water partition coefficient (Wildman–Crippen LogP) is 1.52. The zero-order valence-corrected chi connectivity index (χ0v) is 13.6. The van der Waals surface area contributed by atoms with Crippen LogP contribution in [-0.4, -0.2) is 48.2 Å². The number of nitrogens with zero attached hydrogens (tertiary/aromatic N) is 4. The number of hydrogen-bond donors (Lipinski definition) is 1. The summed E-state index contributed by atoms with van der Waals surface area (Å²) < 4.78 is 50.5. The molecule has 0 amide bonds. The van der Waals surface area contributed by atoms with Gasteiger partial charge in [0, 0.05) is 13.1 Å². The molecule has 10 heteroatoms. The standard InChI is InChI=1S/C14H15F2N5O2S/c1-21(9-5-6-24(22,23)8-9)12-7-17-20-14(18-12)19-13-10(15)3-2-4-11(13)16/h2-4,7,9H,5-6,8H2,1H3,(H,18,19,20). The van der Waals surface area contributed by atoms with Crippen molar-refractivity contribution in [3.8, 4) is 0 Å². The van der Waals surface area contributed by atoms with Crippen LogP contribution in [0.5, 0.6) is 0 Å². The highest BCUT2D eigenvalue weighted by Gasteiger charge is 2.31. The van der Waals surface area contributed by atoms with Gasteiger partial charge in [0.05, 0.1) is 17.7 Å². The van der Waals surface area contributed by atoms with Crippen molar-refractivity contribution in [1.82, 2.24) is 15.2 Å². The molecule has 1 unspecified atom stereocenters. The lowest BCUT2D eigenvalue weighted by Crippen LogP contribution is -2.33. The maximum Gasteiger partial charge on any atom is 0.249 e.